The highest BCUT2D eigenvalue weighted by Crippen LogP contribution is 2.43. The van der Waals surface area contributed by atoms with Crippen LogP contribution in [-0.4, -0.2) is 30.4 Å². The quantitative estimate of drug-likeness (QED) is 0.285. The molecule has 0 unspecified atom stereocenters. The lowest BCUT2D eigenvalue weighted by Crippen LogP contribution is -2.38. The van der Waals surface area contributed by atoms with E-state index in [0.717, 1.165) is 65.8 Å². The van der Waals surface area contributed by atoms with E-state index in [-0.39, 0.29) is 11.3 Å². The number of amides is 1. The van der Waals surface area contributed by atoms with Crippen LogP contribution in [0.3, 0.4) is 0 Å². The molecule has 2 aliphatic heterocycles. The third-order valence-electron chi connectivity index (χ3n) is 7.76. The Balaban J connectivity index is 1.70. The lowest BCUT2D eigenvalue weighted by Gasteiger charge is -2.32. The first-order valence-electron chi connectivity index (χ1n) is 13.6. The summed E-state index contributed by atoms with van der Waals surface area (Å²) in [6.07, 6.45) is 4.56. The predicted octanol–water partition coefficient (Wildman–Crippen LogP) is 7.27. The molecule has 0 saturated carbocycles. The van der Waals surface area contributed by atoms with Gasteiger partial charge in [0, 0.05) is 59.5 Å². The molecule has 2 aromatic rings. The molecule has 1 fully saturated rings. The van der Waals surface area contributed by atoms with Gasteiger partial charge in [0.1, 0.15) is 11.3 Å². The van der Waals surface area contributed by atoms with Crippen LogP contribution in [0, 0.1) is 19.8 Å². The van der Waals surface area contributed by atoms with E-state index in [1.54, 1.807) is 6.07 Å². The van der Waals surface area contributed by atoms with E-state index < -0.39 is 0 Å². The van der Waals surface area contributed by atoms with Crippen molar-refractivity contribution in [3.63, 3.8) is 0 Å². The van der Waals surface area contributed by atoms with E-state index in [1.807, 2.05) is 48.2 Å². The summed E-state index contributed by atoms with van der Waals surface area (Å²) in [7, 11) is 0. The predicted molar refractivity (Wildman–Crippen MR) is 152 cm³/mol. The Morgan fingerprint density at radius 3 is 2.49 bits per heavy atom. The molecule has 2 aromatic carbocycles. The summed E-state index contributed by atoms with van der Waals surface area (Å²) in [5, 5.41) is 4.33. The van der Waals surface area contributed by atoms with Crippen molar-refractivity contribution in [2.75, 3.05) is 25.0 Å². The molecule has 0 bridgehead atoms. The summed E-state index contributed by atoms with van der Waals surface area (Å²) in [6.45, 7) is 10.6. The number of nitrogens with zero attached hydrogens (tertiary/aromatic N) is 1. The fraction of sp³-hybridized carbons (Fsp3) is 0.375. The number of anilines is 1. The number of likely N-dealkylation sites (tertiary alicyclic amines) is 1. The van der Waals surface area contributed by atoms with Gasteiger partial charge >= 0.3 is 0 Å². The highest BCUT2D eigenvalue weighted by Gasteiger charge is 2.27. The van der Waals surface area contributed by atoms with Crippen molar-refractivity contribution in [2.24, 2.45) is 5.92 Å². The van der Waals surface area contributed by atoms with Gasteiger partial charge in [-0.2, -0.15) is 0 Å². The average molecular weight is 497 g/mol. The highest BCUT2D eigenvalue weighted by molar-refractivity contribution is 6.09. The molecule has 0 spiro atoms. The molecule has 3 aliphatic rings. The van der Waals surface area contributed by atoms with Gasteiger partial charge in [-0.25, -0.2) is 0 Å². The van der Waals surface area contributed by atoms with E-state index in [2.05, 4.69) is 32.2 Å². The minimum atomic E-state index is -0.0557. The Kier molecular flexibility index (Phi) is 7.05. The first-order chi connectivity index (χ1) is 17.9. The number of hydrogen-bond donors (Lipinski definition) is 1. The zero-order valence-electron chi connectivity index (χ0n) is 22.3. The topological polar surface area (TPSA) is 62.6 Å². The second-order valence-electron chi connectivity index (χ2n) is 10.4. The van der Waals surface area contributed by atoms with Crippen LogP contribution >= 0.6 is 0 Å². The van der Waals surface area contributed by atoms with Crippen molar-refractivity contribution in [3.05, 3.63) is 75.4 Å². The average Bonchev–Trinajstić information content (AvgIpc) is 2.89. The third kappa shape index (κ3) is 4.75. The zero-order chi connectivity index (χ0) is 26.1. The van der Waals surface area contributed by atoms with Gasteiger partial charge in [0.2, 0.25) is 0 Å². The molecule has 0 aromatic heterocycles. The first kappa shape index (κ1) is 25.1. The van der Waals surface area contributed by atoms with Crippen LogP contribution in [0.5, 0.6) is 0 Å². The maximum absolute atomic E-state index is 13.9. The molecule has 37 heavy (non-hydrogen) atoms. The molecule has 1 saturated heterocycles. The molecular formula is C32H36N2O3. The number of nitrogens with one attached hydrogen (secondary N) is 1. The van der Waals surface area contributed by atoms with Crippen molar-refractivity contribution in [1.82, 2.24) is 4.90 Å². The molecule has 0 atom stereocenters. The molecule has 1 amide bonds. The van der Waals surface area contributed by atoms with Crippen molar-refractivity contribution in [2.45, 2.75) is 53.4 Å². The van der Waals surface area contributed by atoms with Gasteiger partial charge < -0.3 is 14.6 Å². The molecule has 5 nitrogen and oxygen atoms in total. The molecule has 2 heterocycles. The van der Waals surface area contributed by atoms with Gasteiger partial charge in [-0.05, 0) is 74.4 Å². The normalized spacial score (nSPS) is 14.4. The van der Waals surface area contributed by atoms with Crippen LogP contribution in [0.15, 0.2) is 57.7 Å². The van der Waals surface area contributed by atoms with Crippen molar-refractivity contribution >= 4 is 22.6 Å². The highest BCUT2D eigenvalue weighted by atomic mass is 16.3. The van der Waals surface area contributed by atoms with Crippen LogP contribution in [0.25, 0.3) is 33.4 Å². The molecule has 5 rings (SSSR count). The fourth-order valence-corrected chi connectivity index (χ4v) is 5.74. The molecule has 1 N–H and O–H groups in total. The third-order valence-corrected chi connectivity index (χ3v) is 7.76. The molecular weight excluding hydrogens is 460 g/mol. The number of carbonyl (C=O) groups excluding carboxylic acids is 1. The Morgan fingerprint density at radius 2 is 1.76 bits per heavy atom. The van der Waals surface area contributed by atoms with E-state index in [4.69, 9.17) is 4.42 Å². The smallest absolute Gasteiger partial charge is 0.254 e. The summed E-state index contributed by atoms with van der Waals surface area (Å²) in [6, 6.07) is 15.5. The van der Waals surface area contributed by atoms with Crippen molar-refractivity contribution in [3.8, 4) is 22.5 Å². The number of hydrogen-bond acceptors (Lipinski definition) is 4. The summed E-state index contributed by atoms with van der Waals surface area (Å²) >= 11 is 0. The fourth-order valence-electron chi connectivity index (χ4n) is 5.74. The molecule has 0 radical (unpaired) electrons. The minimum Gasteiger partial charge on any atom is -0.456 e. The molecule has 5 heteroatoms. The number of piperidine rings is 1. The van der Waals surface area contributed by atoms with E-state index >= 15 is 0 Å². The van der Waals surface area contributed by atoms with E-state index in [1.165, 1.54) is 12.8 Å². The summed E-state index contributed by atoms with van der Waals surface area (Å²) < 4.78 is 6.30. The summed E-state index contributed by atoms with van der Waals surface area (Å²) in [5.41, 5.74) is 6.76. The molecule has 192 valence electrons. The monoisotopic (exact) mass is 496 g/mol. The second-order valence-corrected chi connectivity index (χ2v) is 10.4. The first-order valence-corrected chi connectivity index (χ1v) is 13.6. The lowest BCUT2D eigenvalue weighted by atomic mass is 9.88. The van der Waals surface area contributed by atoms with Crippen molar-refractivity contribution < 1.29 is 9.21 Å². The lowest BCUT2D eigenvalue weighted by molar-refractivity contribution is 0.0687. The maximum Gasteiger partial charge on any atom is 0.254 e. The van der Waals surface area contributed by atoms with Crippen LogP contribution < -0.4 is 10.7 Å². The van der Waals surface area contributed by atoms with Gasteiger partial charge in [0.25, 0.3) is 5.91 Å². The summed E-state index contributed by atoms with van der Waals surface area (Å²) in [4.78, 5) is 28.5. The second kappa shape index (κ2) is 10.4. The van der Waals surface area contributed by atoms with Gasteiger partial charge in [0.05, 0.1) is 0 Å². The maximum atomic E-state index is 13.9. The standard InChI is InChI=1S/C32H36N2O3/c1-5-9-22-12-14-34(15-13-22)32(36)24-11-8-7-10-23(24)31-25-16-20(3)27(33-6-2)18-29(25)37-30-19-28(35)21(4)17-26(30)31/h7-8,10-11,16-19,22,33H,5-6,9,12-15H2,1-4H3. The Labute approximate surface area is 218 Å². The number of rotatable bonds is 6. The van der Waals surface area contributed by atoms with Crippen LogP contribution in [0.1, 0.15) is 61.0 Å². The van der Waals surface area contributed by atoms with Gasteiger partial charge in [0.15, 0.2) is 5.43 Å². The zero-order valence-corrected chi connectivity index (χ0v) is 22.3. The number of aryl methyl sites for hydroxylation is 2. The van der Waals surface area contributed by atoms with Crippen molar-refractivity contribution in [1.29, 1.82) is 0 Å². The van der Waals surface area contributed by atoms with Crippen LogP contribution in [0.4, 0.5) is 5.69 Å². The summed E-state index contributed by atoms with van der Waals surface area (Å²) in [5.74, 6) is 1.32. The largest absolute Gasteiger partial charge is 0.456 e. The van der Waals surface area contributed by atoms with Crippen LogP contribution in [-0.2, 0) is 0 Å². The Hall–Kier alpha value is -3.60. The Morgan fingerprint density at radius 1 is 1.00 bits per heavy atom. The van der Waals surface area contributed by atoms with E-state index in [9.17, 15) is 9.59 Å². The number of carbonyl (C=O) groups is 1. The molecule has 1 aliphatic carbocycles. The van der Waals surface area contributed by atoms with Gasteiger partial charge in [-0.3, -0.25) is 9.59 Å². The van der Waals surface area contributed by atoms with Crippen LogP contribution in [0.2, 0.25) is 0 Å². The van der Waals surface area contributed by atoms with Gasteiger partial charge in [-0.15, -0.1) is 0 Å². The number of fused-ring (bicyclic) bond motifs is 2. The SMILES string of the molecule is CCCC1CCN(C(=O)c2ccccc2-c2c3cc(C)c(=O)cc-3oc3cc(NCC)c(C)cc23)CC1. The Bertz CT molecular complexity index is 1480. The number of benzene rings is 3. The minimum absolute atomic E-state index is 0.0557. The van der Waals surface area contributed by atoms with E-state index in [0.29, 0.717) is 28.4 Å². The van der Waals surface area contributed by atoms with Gasteiger partial charge in [-0.1, -0.05) is 38.0 Å².